The zero-order valence-corrected chi connectivity index (χ0v) is 5.15. The summed E-state index contributed by atoms with van der Waals surface area (Å²) in [6, 6.07) is 3.82. The van der Waals surface area contributed by atoms with Gasteiger partial charge in [0.1, 0.15) is 5.52 Å². The minimum Gasteiger partial charge on any atom is -0.276 e. The smallest absolute Gasteiger partial charge is 0.108 e. The molecule has 0 spiro atoms. The predicted octanol–water partition coefficient (Wildman–Crippen LogP) is 0.477. The van der Waals surface area contributed by atoms with Crippen LogP contribution >= 0.6 is 0 Å². The van der Waals surface area contributed by atoms with E-state index >= 15 is 0 Å². The first-order valence-electron chi connectivity index (χ1n) is 2.71. The van der Waals surface area contributed by atoms with Crippen LogP contribution in [0.1, 0.15) is 0 Å². The van der Waals surface area contributed by atoms with E-state index in [2.05, 4.69) is 15.2 Å². The predicted molar refractivity (Wildman–Crippen MR) is 36.0 cm³/mol. The van der Waals surface area contributed by atoms with Crippen LogP contribution in [0.3, 0.4) is 0 Å². The minimum absolute atomic E-state index is 0. The van der Waals surface area contributed by atoms with Crippen LogP contribution in [0.15, 0.2) is 24.5 Å². The summed E-state index contributed by atoms with van der Waals surface area (Å²) in [5.74, 6) is 0. The van der Waals surface area contributed by atoms with Gasteiger partial charge in [0, 0.05) is 12.3 Å². The summed E-state index contributed by atoms with van der Waals surface area (Å²) in [4.78, 5) is 4.05. The first-order chi connectivity index (χ1) is 4.47. The van der Waals surface area contributed by atoms with Gasteiger partial charge in [0.05, 0.1) is 11.7 Å². The Labute approximate surface area is 57.9 Å². The molecular formula is C6H5N4. The molecule has 0 aliphatic heterocycles. The van der Waals surface area contributed by atoms with Crippen LogP contribution in [0, 0.1) is 0 Å². The SMILES string of the molecule is [N].c1cnc2cn[nH]c2c1. The van der Waals surface area contributed by atoms with Crippen molar-refractivity contribution in [3.63, 3.8) is 0 Å². The van der Waals surface area contributed by atoms with Gasteiger partial charge in [-0.25, -0.2) is 0 Å². The molecule has 4 heteroatoms. The topological polar surface area (TPSA) is 72.1 Å². The Morgan fingerprint density at radius 1 is 1.40 bits per heavy atom. The van der Waals surface area contributed by atoms with Gasteiger partial charge in [-0.05, 0) is 12.1 Å². The summed E-state index contributed by atoms with van der Waals surface area (Å²) in [7, 11) is 0. The quantitative estimate of drug-likeness (QED) is 0.567. The summed E-state index contributed by atoms with van der Waals surface area (Å²) < 4.78 is 0. The fraction of sp³-hybridized carbons (Fsp3) is 0. The van der Waals surface area contributed by atoms with Gasteiger partial charge in [-0.3, -0.25) is 10.1 Å². The maximum atomic E-state index is 4.05. The highest BCUT2D eigenvalue weighted by molar-refractivity contribution is 5.72. The summed E-state index contributed by atoms with van der Waals surface area (Å²) >= 11 is 0. The second-order valence-electron chi connectivity index (χ2n) is 1.81. The number of fused-ring (bicyclic) bond motifs is 1. The van der Waals surface area contributed by atoms with Crippen molar-refractivity contribution >= 4 is 11.0 Å². The van der Waals surface area contributed by atoms with E-state index in [0.29, 0.717) is 0 Å². The minimum atomic E-state index is 0. The number of rotatable bonds is 0. The van der Waals surface area contributed by atoms with Gasteiger partial charge in [0.2, 0.25) is 0 Å². The van der Waals surface area contributed by atoms with E-state index in [-0.39, 0.29) is 6.15 Å². The van der Waals surface area contributed by atoms with Crippen molar-refractivity contribution in [3.8, 4) is 0 Å². The van der Waals surface area contributed by atoms with Gasteiger partial charge < -0.3 is 0 Å². The van der Waals surface area contributed by atoms with Crippen LogP contribution in [0.25, 0.3) is 11.0 Å². The molecule has 2 aromatic rings. The fourth-order valence-electron chi connectivity index (χ4n) is 0.778. The molecule has 0 aliphatic carbocycles. The third-order valence-electron chi connectivity index (χ3n) is 1.21. The Balaban J connectivity index is 0.000000500. The van der Waals surface area contributed by atoms with Crippen LogP contribution in [0.2, 0.25) is 0 Å². The molecule has 0 unspecified atom stereocenters. The maximum absolute atomic E-state index is 4.05. The number of hydrogen-bond donors (Lipinski definition) is 1. The number of nitrogens with one attached hydrogen (secondary N) is 1. The zero-order chi connectivity index (χ0) is 6.10. The first kappa shape index (κ1) is 6.70. The molecule has 0 saturated heterocycles. The Hall–Kier alpha value is -1.42. The Kier molecular flexibility index (Phi) is 1.64. The van der Waals surface area contributed by atoms with Crippen molar-refractivity contribution in [2.45, 2.75) is 0 Å². The third kappa shape index (κ3) is 0.844. The molecule has 1 N–H and O–H groups in total. The molecule has 0 atom stereocenters. The lowest BCUT2D eigenvalue weighted by Crippen LogP contribution is -1.69. The summed E-state index contributed by atoms with van der Waals surface area (Å²) in [5.41, 5.74) is 1.90. The van der Waals surface area contributed by atoms with Gasteiger partial charge >= 0.3 is 0 Å². The van der Waals surface area contributed by atoms with Crippen molar-refractivity contribution in [1.82, 2.24) is 21.3 Å². The summed E-state index contributed by atoms with van der Waals surface area (Å²) in [5, 5.41) is 6.62. The molecule has 0 amide bonds. The monoisotopic (exact) mass is 133 g/mol. The van der Waals surface area contributed by atoms with Crippen molar-refractivity contribution in [2.24, 2.45) is 0 Å². The number of pyridine rings is 1. The molecule has 49 valence electrons. The average Bonchev–Trinajstić information content (AvgIpc) is 2.33. The molecule has 2 heterocycles. The van der Waals surface area contributed by atoms with Crippen molar-refractivity contribution in [1.29, 1.82) is 0 Å². The van der Waals surface area contributed by atoms with Crippen LogP contribution in [-0.4, -0.2) is 15.2 Å². The second-order valence-corrected chi connectivity index (χ2v) is 1.81. The third-order valence-corrected chi connectivity index (χ3v) is 1.21. The van der Waals surface area contributed by atoms with E-state index in [1.54, 1.807) is 12.4 Å². The Morgan fingerprint density at radius 2 is 2.30 bits per heavy atom. The summed E-state index contributed by atoms with van der Waals surface area (Å²) in [6.07, 6.45) is 3.45. The van der Waals surface area contributed by atoms with E-state index in [1.807, 2.05) is 12.1 Å². The average molecular weight is 133 g/mol. The van der Waals surface area contributed by atoms with E-state index in [1.165, 1.54) is 0 Å². The van der Waals surface area contributed by atoms with Crippen molar-refractivity contribution in [3.05, 3.63) is 24.5 Å². The molecular weight excluding hydrogens is 128 g/mol. The van der Waals surface area contributed by atoms with Gasteiger partial charge in [-0.15, -0.1) is 0 Å². The molecule has 0 aliphatic rings. The normalized spacial score (nSPS) is 9.20. The van der Waals surface area contributed by atoms with Gasteiger partial charge in [0.15, 0.2) is 0 Å². The second kappa shape index (κ2) is 2.45. The lowest BCUT2D eigenvalue weighted by Gasteiger charge is -1.80. The van der Waals surface area contributed by atoms with Crippen LogP contribution in [-0.2, 0) is 0 Å². The lowest BCUT2D eigenvalue weighted by atomic mass is 10.4. The molecule has 4 nitrogen and oxygen atoms in total. The first-order valence-corrected chi connectivity index (χ1v) is 2.71. The van der Waals surface area contributed by atoms with E-state index in [4.69, 9.17) is 0 Å². The van der Waals surface area contributed by atoms with Crippen LogP contribution in [0.4, 0.5) is 0 Å². The number of aromatic amines is 1. The van der Waals surface area contributed by atoms with E-state index in [0.717, 1.165) is 11.0 Å². The Morgan fingerprint density at radius 3 is 3.10 bits per heavy atom. The van der Waals surface area contributed by atoms with E-state index < -0.39 is 0 Å². The largest absolute Gasteiger partial charge is 0.276 e. The van der Waals surface area contributed by atoms with Gasteiger partial charge in [0.25, 0.3) is 0 Å². The molecule has 10 heavy (non-hydrogen) atoms. The molecule has 0 bridgehead atoms. The maximum Gasteiger partial charge on any atom is 0.108 e. The fourth-order valence-corrected chi connectivity index (χ4v) is 0.778. The van der Waals surface area contributed by atoms with Gasteiger partial charge in [-0.1, -0.05) is 0 Å². The number of aromatic nitrogens is 3. The van der Waals surface area contributed by atoms with Gasteiger partial charge in [-0.2, -0.15) is 5.10 Å². The molecule has 3 radical (unpaired) electrons. The van der Waals surface area contributed by atoms with Crippen molar-refractivity contribution in [2.75, 3.05) is 0 Å². The highest BCUT2D eigenvalue weighted by Crippen LogP contribution is 2.02. The number of hydrogen-bond acceptors (Lipinski definition) is 2. The van der Waals surface area contributed by atoms with E-state index in [9.17, 15) is 0 Å². The van der Waals surface area contributed by atoms with Crippen molar-refractivity contribution < 1.29 is 0 Å². The highest BCUT2D eigenvalue weighted by atomic mass is 15.1. The molecule has 2 rings (SSSR count). The number of nitrogens with zero attached hydrogens (tertiary/aromatic N) is 3. The highest BCUT2D eigenvalue weighted by Gasteiger charge is 1.89. The van der Waals surface area contributed by atoms with Crippen LogP contribution < -0.4 is 6.15 Å². The lowest BCUT2D eigenvalue weighted by molar-refractivity contribution is 1.12. The molecule has 2 aromatic heterocycles. The zero-order valence-electron chi connectivity index (χ0n) is 5.15. The Bertz CT molecular complexity index is 284. The molecule has 0 fully saturated rings. The van der Waals surface area contributed by atoms with Crippen LogP contribution in [0.5, 0.6) is 0 Å². The summed E-state index contributed by atoms with van der Waals surface area (Å²) in [6.45, 7) is 0. The molecule has 0 saturated carbocycles. The standard InChI is InChI=1S/C6H5N3.N/c1-2-5-6(7-3-1)4-8-9-5;/h1-4H,(H,8,9);. The number of H-pyrrole nitrogens is 1. The molecule has 0 aromatic carbocycles.